The van der Waals surface area contributed by atoms with Gasteiger partial charge in [-0.2, -0.15) is 5.10 Å². The SMILES string of the molecule is CCCn1nc(C(=O)N2CCN(CC(=O)Nc3c(C)cccc3C)CC2)ccc1=O. The van der Waals surface area contributed by atoms with Crippen molar-refractivity contribution in [3.8, 4) is 0 Å². The highest BCUT2D eigenvalue weighted by atomic mass is 16.2. The fourth-order valence-corrected chi connectivity index (χ4v) is 3.60. The Morgan fingerprint density at radius 3 is 2.33 bits per heavy atom. The Kier molecular flexibility index (Phi) is 6.99. The highest BCUT2D eigenvalue weighted by molar-refractivity contribution is 5.94. The van der Waals surface area contributed by atoms with Gasteiger partial charge in [-0.15, -0.1) is 0 Å². The summed E-state index contributed by atoms with van der Waals surface area (Å²) in [5.74, 6) is -0.236. The molecular weight excluding hydrogens is 382 g/mol. The number of hydrogen-bond donors (Lipinski definition) is 1. The molecule has 1 N–H and O–H groups in total. The van der Waals surface area contributed by atoms with Crippen LogP contribution in [0.1, 0.15) is 35.0 Å². The number of nitrogens with one attached hydrogen (secondary N) is 1. The minimum Gasteiger partial charge on any atom is -0.335 e. The molecule has 160 valence electrons. The molecule has 3 rings (SSSR count). The first-order valence-electron chi connectivity index (χ1n) is 10.3. The topological polar surface area (TPSA) is 87.5 Å². The Morgan fingerprint density at radius 1 is 1.03 bits per heavy atom. The molecule has 2 amide bonds. The van der Waals surface area contributed by atoms with Gasteiger partial charge in [-0.25, -0.2) is 4.68 Å². The maximum Gasteiger partial charge on any atom is 0.274 e. The molecule has 2 aromatic rings. The molecule has 0 saturated carbocycles. The number of carbonyl (C=O) groups excluding carboxylic acids is 2. The first-order valence-corrected chi connectivity index (χ1v) is 10.3. The van der Waals surface area contributed by atoms with E-state index in [-0.39, 0.29) is 29.6 Å². The van der Waals surface area contributed by atoms with Crippen LogP contribution in [0.15, 0.2) is 35.1 Å². The summed E-state index contributed by atoms with van der Waals surface area (Å²) in [4.78, 5) is 40.8. The summed E-state index contributed by atoms with van der Waals surface area (Å²) >= 11 is 0. The van der Waals surface area contributed by atoms with E-state index < -0.39 is 0 Å². The Bertz CT molecular complexity index is 957. The second-order valence-electron chi connectivity index (χ2n) is 7.66. The van der Waals surface area contributed by atoms with Gasteiger partial charge in [0.25, 0.3) is 11.5 Å². The molecule has 1 aliphatic heterocycles. The predicted octanol–water partition coefficient (Wildman–Crippen LogP) is 1.67. The molecule has 2 heterocycles. The summed E-state index contributed by atoms with van der Waals surface area (Å²) in [6.45, 7) is 8.95. The molecule has 0 unspecified atom stereocenters. The molecule has 1 aromatic heterocycles. The second kappa shape index (κ2) is 9.67. The van der Waals surface area contributed by atoms with E-state index in [1.165, 1.54) is 16.8 Å². The molecule has 0 radical (unpaired) electrons. The van der Waals surface area contributed by atoms with Gasteiger partial charge in [0, 0.05) is 44.5 Å². The molecule has 0 atom stereocenters. The largest absolute Gasteiger partial charge is 0.335 e. The van der Waals surface area contributed by atoms with Crippen LogP contribution in [0.25, 0.3) is 0 Å². The monoisotopic (exact) mass is 411 g/mol. The van der Waals surface area contributed by atoms with Crippen molar-refractivity contribution >= 4 is 17.5 Å². The number of piperazine rings is 1. The number of aryl methyl sites for hydroxylation is 3. The van der Waals surface area contributed by atoms with E-state index >= 15 is 0 Å². The van der Waals surface area contributed by atoms with E-state index in [2.05, 4.69) is 10.4 Å². The molecule has 30 heavy (non-hydrogen) atoms. The molecule has 1 saturated heterocycles. The fraction of sp³-hybridized carbons (Fsp3) is 0.455. The van der Waals surface area contributed by atoms with Gasteiger partial charge in [-0.05, 0) is 37.5 Å². The van der Waals surface area contributed by atoms with Crippen LogP contribution in [-0.2, 0) is 11.3 Å². The minimum atomic E-state index is -0.201. The number of para-hydroxylation sites is 1. The van der Waals surface area contributed by atoms with E-state index in [0.717, 1.165) is 23.2 Å². The minimum absolute atomic E-state index is 0.0551. The van der Waals surface area contributed by atoms with E-state index in [4.69, 9.17) is 0 Å². The smallest absolute Gasteiger partial charge is 0.274 e. The summed E-state index contributed by atoms with van der Waals surface area (Å²) in [6.07, 6.45) is 0.771. The van der Waals surface area contributed by atoms with Gasteiger partial charge in [0.2, 0.25) is 5.91 Å². The number of benzene rings is 1. The van der Waals surface area contributed by atoms with E-state index in [0.29, 0.717) is 32.7 Å². The lowest BCUT2D eigenvalue weighted by Crippen LogP contribution is -2.50. The Hall–Kier alpha value is -3.00. The molecule has 1 fully saturated rings. The summed E-state index contributed by atoms with van der Waals surface area (Å²) in [6, 6.07) is 8.81. The zero-order valence-corrected chi connectivity index (χ0v) is 17.9. The average Bonchev–Trinajstić information content (AvgIpc) is 2.73. The highest BCUT2D eigenvalue weighted by Gasteiger charge is 2.24. The lowest BCUT2D eigenvalue weighted by molar-refractivity contribution is -0.117. The van der Waals surface area contributed by atoms with Crippen LogP contribution in [-0.4, -0.2) is 64.1 Å². The van der Waals surface area contributed by atoms with E-state index in [1.807, 2.05) is 43.9 Å². The fourth-order valence-electron chi connectivity index (χ4n) is 3.60. The average molecular weight is 412 g/mol. The number of hydrogen-bond acceptors (Lipinski definition) is 5. The van der Waals surface area contributed by atoms with Crippen molar-refractivity contribution in [2.45, 2.75) is 33.7 Å². The Morgan fingerprint density at radius 2 is 1.70 bits per heavy atom. The number of carbonyl (C=O) groups is 2. The summed E-state index contributed by atoms with van der Waals surface area (Å²) in [7, 11) is 0. The molecule has 8 heteroatoms. The second-order valence-corrected chi connectivity index (χ2v) is 7.66. The number of nitrogens with zero attached hydrogens (tertiary/aromatic N) is 4. The van der Waals surface area contributed by atoms with Crippen LogP contribution in [0.3, 0.4) is 0 Å². The molecule has 1 aliphatic rings. The quantitative estimate of drug-likeness (QED) is 0.781. The van der Waals surface area contributed by atoms with Gasteiger partial charge >= 0.3 is 0 Å². The number of rotatable bonds is 6. The van der Waals surface area contributed by atoms with Crippen LogP contribution < -0.4 is 10.9 Å². The number of anilines is 1. The lowest BCUT2D eigenvalue weighted by atomic mass is 10.1. The Balaban J connectivity index is 1.54. The van der Waals surface area contributed by atoms with Gasteiger partial charge in [0.15, 0.2) is 0 Å². The first-order chi connectivity index (χ1) is 14.4. The van der Waals surface area contributed by atoms with Gasteiger partial charge in [0.05, 0.1) is 6.54 Å². The third-order valence-electron chi connectivity index (χ3n) is 5.29. The first kappa shape index (κ1) is 21.7. The molecule has 0 bridgehead atoms. The van der Waals surface area contributed by atoms with Crippen LogP contribution in [0, 0.1) is 13.8 Å². The summed E-state index contributed by atoms with van der Waals surface area (Å²) in [5, 5.41) is 7.21. The zero-order valence-electron chi connectivity index (χ0n) is 17.9. The molecule has 0 spiro atoms. The molecule has 0 aliphatic carbocycles. The standard InChI is InChI=1S/C22H29N5O3/c1-4-10-27-20(29)9-8-18(24-27)22(30)26-13-11-25(12-14-26)15-19(28)23-21-16(2)6-5-7-17(21)3/h5-9H,4,10-15H2,1-3H3,(H,23,28). The number of amides is 2. The maximum atomic E-state index is 12.8. The molecule has 8 nitrogen and oxygen atoms in total. The summed E-state index contributed by atoms with van der Waals surface area (Å²) < 4.78 is 1.33. The third kappa shape index (κ3) is 5.13. The lowest BCUT2D eigenvalue weighted by Gasteiger charge is -2.34. The van der Waals surface area contributed by atoms with Crippen LogP contribution in [0.5, 0.6) is 0 Å². The van der Waals surface area contributed by atoms with Gasteiger partial charge in [-0.3, -0.25) is 19.3 Å². The normalized spacial score (nSPS) is 14.6. The molecule has 1 aromatic carbocycles. The van der Waals surface area contributed by atoms with Gasteiger partial charge in [-0.1, -0.05) is 25.1 Å². The van der Waals surface area contributed by atoms with Crippen molar-refractivity contribution in [2.24, 2.45) is 0 Å². The van der Waals surface area contributed by atoms with Gasteiger partial charge < -0.3 is 10.2 Å². The van der Waals surface area contributed by atoms with Gasteiger partial charge in [0.1, 0.15) is 5.69 Å². The van der Waals surface area contributed by atoms with Crippen molar-refractivity contribution < 1.29 is 9.59 Å². The van der Waals surface area contributed by atoms with Crippen molar-refractivity contribution in [2.75, 3.05) is 38.0 Å². The highest BCUT2D eigenvalue weighted by Crippen LogP contribution is 2.19. The zero-order chi connectivity index (χ0) is 21.7. The maximum absolute atomic E-state index is 12.8. The number of aromatic nitrogens is 2. The van der Waals surface area contributed by atoms with Crippen molar-refractivity contribution in [1.82, 2.24) is 19.6 Å². The summed E-state index contributed by atoms with van der Waals surface area (Å²) in [5.41, 5.74) is 3.02. The Labute approximate surface area is 176 Å². The predicted molar refractivity (Wildman–Crippen MR) is 116 cm³/mol. The van der Waals surface area contributed by atoms with Crippen molar-refractivity contribution in [3.05, 3.63) is 57.5 Å². The van der Waals surface area contributed by atoms with Crippen LogP contribution in [0.2, 0.25) is 0 Å². The molecular formula is C22H29N5O3. The van der Waals surface area contributed by atoms with Crippen LogP contribution >= 0.6 is 0 Å². The van der Waals surface area contributed by atoms with E-state index in [9.17, 15) is 14.4 Å². The van der Waals surface area contributed by atoms with E-state index in [1.54, 1.807) is 4.90 Å². The third-order valence-corrected chi connectivity index (χ3v) is 5.29. The van der Waals surface area contributed by atoms with Crippen LogP contribution in [0.4, 0.5) is 5.69 Å². The van der Waals surface area contributed by atoms with Crippen molar-refractivity contribution in [1.29, 1.82) is 0 Å². The van der Waals surface area contributed by atoms with Crippen molar-refractivity contribution in [3.63, 3.8) is 0 Å².